The van der Waals surface area contributed by atoms with Gasteiger partial charge in [0, 0.05) is 12.1 Å². The SMILES string of the molecule is CN1C2C=C(c3ccc(Oc4ccccc4)cc3)CC1CC2. The van der Waals surface area contributed by atoms with Crippen LogP contribution in [0, 0.1) is 0 Å². The number of fused-ring (bicyclic) bond motifs is 2. The molecule has 2 heterocycles. The molecule has 4 rings (SSSR count). The summed E-state index contributed by atoms with van der Waals surface area (Å²) < 4.78 is 5.86. The molecule has 2 aliphatic heterocycles. The van der Waals surface area contributed by atoms with E-state index in [-0.39, 0.29) is 0 Å². The summed E-state index contributed by atoms with van der Waals surface area (Å²) in [4.78, 5) is 2.52. The number of rotatable bonds is 3. The van der Waals surface area contributed by atoms with Crippen molar-refractivity contribution in [2.24, 2.45) is 0 Å². The van der Waals surface area contributed by atoms with Crippen molar-refractivity contribution >= 4 is 5.57 Å². The molecule has 0 saturated carbocycles. The number of hydrogen-bond donors (Lipinski definition) is 0. The number of likely N-dealkylation sites (N-methyl/N-ethyl adjacent to an activating group) is 1. The Kier molecular flexibility index (Phi) is 3.47. The van der Waals surface area contributed by atoms with Crippen LogP contribution < -0.4 is 4.74 Å². The van der Waals surface area contributed by atoms with Crippen LogP contribution in [-0.2, 0) is 0 Å². The van der Waals surface area contributed by atoms with Crippen LogP contribution in [-0.4, -0.2) is 24.0 Å². The zero-order valence-corrected chi connectivity index (χ0v) is 12.9. The minimum absolute atomic E-state index is 0.633. The maximum atomic E-state index is 5.86. The summed E-state index contributed by atoms with van der Waals surface area (Å²) in [5, 5.41) is 0. The first-order valence-electron chi connectivity index (χ1n) is 8.05. The Bertz CT molecular complexity index is 675. The highest BCUT2D eigenvalue weighted by atomic mass is 16.5. The van der Waals surface area contributed by atoms with Gasteiger partial charge in [0.2, 0.25) is 0 Å². The third-order valence-electron chi connectivity index (χ3n) is 4.95. The Balaban J connectivity index is 1.52. The fourth-order valence-corrected chi connectivity index (χ4v) is 3.62. The third kappa shape index (κ3) is 2.55. The molecular formula is C20H21NO. The Morgan fingerprint density at radius 2 is 1.64 bits per heavy atom. The van der Waals surface area contributed by atoms with Gasteiger partial charge in [0.15, 0.2) is 0 Å². The molecule has 2 unspecified atom stereocenters. The van der Waals surface area contributed by atoms with Crippen molar-refractivity contribution in [1.82, 2.24) is 4.90 Å². The number of benzene rings is 2. The Labute approximate surface area is 132 Å². The van der Waals surface area contributed by atoms with E-state index in [2.05, 4.69) is 42.3 Å². The number of nitrogens with zero attached hydrogens (tertiary/aromatic N) is 1. The van der Waals surface area contributed by atoms with Crippen molar-refractivity contribution in [3.8, 4) is 11.5 Å². The lowest BCUT2D eigenvalue weighted by atomic mass is 9.95. The molecule has 2 aromatic rings. The lowest BCUT2D eigenvalue weighted by molar-refractivity contribution is 0.264. The Morgan fingerprint density at radius 1 is 0.909 bits per heavy atom. The fraction of sp³-hybridized carbons (Fsp3) is 0.300. The molecule has 2 nitrogen and oxygen atoms in total. The van der Waals surface area contributed by atoms with E-state index in [1.807, 2.05) is 30.3 Å². The lowest BCUT2D eigenvalue weighted by Gasteiger charge is -2.30. The van der Waals surface area contributed by atoms with E-state index >= 15 is 0 Å². The van der Waals surface area contributed by atoms with Gasteiger partial charge in [-0.3, -0.25) is 4.90 Å². The molecular weight excluding hydrogens is 270 g/mol. The van der Waals surface area contributed by atoms with E-state index in [9.17, 15) is 0 Å². The molecule has 1 saturated heterocycles. The lowest BCUT2D eigenvalue weighted by Crippen LogP contribution is -2.34. The van der Waals surface area contributed by atoms with Gasteiger partial charge in [-0.05, 0) is 61.7 Å². The second-order valence-electron chi connectivity index (χ2n) is 6.30. The topological polar surface area (TPSA) is 12.5 Å². The van der Waals surface area contributed by atoms with Gasteiger partial charge in [-0.15, -0.1) is 0 Å². The van der Waals surface area contributed by atoms with Crippen molar-refractivity contribution in [3.63, 3.8) is 0 Å². The molecule has 22 heavy (non-hydrogen) atoms. The first-order valence-corrected chi connectivity index (χ1v) is 8.05. The zero-order chi connectivity index (χ0) is 14.9. The van der Waals surface area contributed by atoms with E-state index in [0.717, 1.165) is 17.5 Å². The molecule has 0 amide bonds. The second kappa shape index (κ2) is 5.62. The quantitative estimate of drug-likeness (QED) is 0.810. The summed E-state index contributed by atoms with van der Waals surface area (Å²) in [5.74, 6) is 1.78. The van der Waals surface area contributed by atoms with Gasteiger partial charge < -0.3 is 4.74 Å². The van der Waals surface area contributed by atoms with Crippen molar-refractivity contribution in [2.45, 2.75) is 31.3 Å². The van der Waals surface area contributed by atoms with Crippen LogP contribution in [0.25, 0.3) is 5.57 Å². The van der Waals surface area contributed by atoms with Gasteiger partial charge in [-0.1, -0.05) is 36.4 Å². The van der Waals surface area contributed by atoms with Crippen molar-refractivity contribution in [2.75, 3.05) is 7.05 Å². The van der Waals surface area contributed by atoms with Crippen molar-refractivity contribution in [3.05, 3.63) is 66.2 Å². The van der Waals surface area contributed by atoms with Gasteiger partial charge in [-0.2, -0.15) is 0 Å². The van der Waals surface area contributed by atoms with Crippen molar-refractivity contribution < 1.29 is 4.74 Å². The summed E-state index contributed by atoms with van der Waals surface area (Å²) in [5.41, 5.74) is 2.84. The molecule has 2 heteroatoms. The van der Waals surface area contributed by atoms with Gasteiger partial charge in [-0.25, -0.2) is 0 Å². The monoisotopic (exact) mass is 291 g/mol. The molecule has 0 radical (unpaired) electrons. The Hall–Kier alpha value is -2.06. The minimum atomic E-state index is 0.633. The van der Waals surface area contributed by atoms with Crippen LogP contribution >= 0.6 is 0 Å². The molecule has 0 aliphatic carbocycles. The smallest absolute Gasteiger partial charge is 0.127 e. The van der Waals surface area contributed by atoms with Gasteiger partial charge >= 0.3 is 0 Å². The van der Waals surface area contributed by atoms with Gasteiger partial charge in [0.1, 0.15) is 11.5 Å². The van der Waals surface area contributed by atoms with E-state index in [1.165, 1.54) is 30.4 Å². The van der Waals surface area contributed by atoms with Crippen LogP contribution in [0.3, 0.4) is 0 Å². The predicted molar refractivity (Wildman–Crippen MR) is 90.1 cm³/mol. The third-order valence-corrected chi connectivity index (χ3v) is 4.95. The highest BCUT2D eigenvalue weighted by Gasteiger charge is 2.33. The summed E-state index contributed by atoms with van der Waals surface area (Å²) in [6.45, 7) is 0. The largest absolute Gasteiger partial charge is 0.457 e. The molecule has 2 bridgehead atoms. The highest BCUT2D eigenvalue weighted by Crippen LogP contribution is 2.37. The summed E-state index contributed by atoms with van der Waals surface area (Å²) in [7, 11) is 2.26. The molecule has 112 valence electrons. The van der Waals surface area contributed by atoms with Crippen molar-refractivity contribution in [1.29, 1.82) is 0 Å². The van der Waals surface area contributed by atoms with Gasteiger partial charge in [0.25, 0.3) is 0 Å². The molecule has 0 aromatic heterocycles. The fourth-order valence-electron chi connectivity index (χ4n) is 3.62. The summed E-state index contributed by atoms with van der Waals surface area (Å²) in [6, 6.07) is 19.8. The first-order chi connectivity index (χ1) is 10.8. The number of ether oxygens (including phenoxy) is 1. The van der Waals surface area contributed by atoms with Crippen LogP contribution in [0.1, 0.15) is 24.8 Å². The zero-order valence-electron chi connectivity index (χ0n) is 12.9. The predicted octanol–water partition coefficient (Wildman–Crippen LogP) is 4.73. The molecule has 0 N–H and O–H groups in total. The molecule has 1 fully saturated rings. The number of para-hydroxylation sites is 1. The number of hydrogen-bond acceptors (Lipinski definition) is 2. The van der Waals surface area contributed by atoms with Crippen LogP contribution in [0.15, 0.2) is 60.7 Å². The van der Waals surface area contributed by atoms with Crippen LogP contribution in [0.4, 0.5) is 0 Å². The average Bonchev–Trinajstić information content (AvgIpc) is 2.77. The Morgan fingerprint density at radius 3 is 2.36 bits per heavy atom. The standard InChI is InChI=1S/C20H21NO/c1-21-17-9-10-18(21)14-16(13-17)15-7-11-20(12-8-15)22-19-5-3-2-4-6-19/h2-8,11-13,17-18H,9-10,14H2,1H3. The average molecular weight is 291 g/mol. The second-order valence-corrected chi connectivity index (χ2v) is 6.30. The summed E-state index contributed by atoms with van der Waals surface area (Å²) >= 11 is 0. The minimum Gasteiger partial charge on any atom is -0.457 e. The normalized spacial score (nSPS) is 24.1. The molecule has 0 spiro atoms. The van der Waals surface area contributed by atoms with E-state index in [1.54, 1.807) is 0 Å². The van der Waals surface area contributed by atoms with Gasteiger partial charge in [0.05, 0.1) is 0 Å². The summed E-state index contributed by atoms with van der Waals surface area (Å²) in [6.07, 6.45) is 6.26. The maximum Gasteiger partial charge on any atom is 0.127 e. The molecule has 2 aliphatic rings. The van der Waals surface area contributed by atoms with E-state index < -0.39 is 0 Å². The first kappa shape index (κ1) is 13.6. The van der Waals surface area contributed by atoms with Crippen LogP contribution in [0.2, 0.25) is 0 Å². The molecule has 2 atom stereocenters. The van der Waals surface area contributed by atoms with E-state index in [0.29, 0.717) is 6.04 Å². The maximum absolute atomic E-state index is 5.86. The molecule has 2 aromatic carbocycles. The van der Waals surface area contributed by atoms with Crippen LogP contribution in [0.5, 0.6) is 11.5 Å². The highest BCUT2D eigenvalue weighted by molar-refractivity contribution is 5.68. The van der Waals surface area contributed by atoms with E-state index in [4.69, 9.17) is 4.74 Å².